The molecule has 5 nitrogen and oxygen atoms in total. The molecule has 0 aliphatic heterocycles. The fourth-order valence-electron chi connectivity index (χ4n) is 1.93. The lowest BCUT2D eigenvalue weighted by atomic mass is 10.1. The van der Waals surface area contributed by atoms with E-state index in [9.17, 15) is 0 Å². The van der Waals surface area contributed by atoms with Crippen molar-refractivity contribution in [2.24, 2.45) is 12.9 Å². The fraction of sp³-hybridized carbons (Fsp3) is 0.333. The number of aryl methyl sites for hydroxylation is 2. The zero-order valence-corrected chi connectivity index (χ0v) is 10.1. The third kappa shape index (κ3) is 2.69. The molecule has 2 heterocycles. The lowest BCUT2D eigenvalue weighted by Crippen LogP contribution is -2.31. The summed E-state index contributed by atoms with van der Waals surface area (Å²) in [6, 6.07) is 7.93. The average molecular weight is 231 g/mol. The molecule has 90 valence electrons. The number of nitrogens with zero attached hydrogens (tertiary/aromatic N) is 3. The molecule has 17 heavy (non-hydrogen) atoms. The highest BCUT2D eigenvalue weighted by Gasteiger charge is 2.15. The highest BCUT2D eigenvalue weighted by atomic mass is 15.3. The maximum atomic E-state index is 5.61. The number of nitrogens with two attached hydrogens (primary N) is 1. The van der Waals surface area contributed by atoms with E-state index in [2.05, 4.69) is 15.5 Å². The van der Waals surface area contributed by atoms with Crippen molar-refractivity contribution in [3.63, 3.8) is 0 Å². The molecule has 5 heteroatoms. The lowest BCUT2D eigenvalue weighted by molar-refractivity contribution is 0.504. The molecule has 1 atom stereocenters. The first-order valence-corrected chi connectivity index (χ1v) is 5.57. The molecule has 0 fully saturated rings. The topological polar surface area (TPSA) is 68.8 Å². The van der Waals surface area contributed by atoms with Crippen molar-refractivity contribution in [1.29, 1.82) is 0 Å². The molecule has 0 aliphatic carbocycles. The Kier molecular flexibility index (Phi) is 3.51. The van der Waals surface area contributed by atoms with Gasteiger partial charge in [0.25, 0.3) is 0 Å². The number of aromatic nitrogens is 3. The van der Waals surface area contributed by atoms with Crippen LogP contribution in [0.5, 0.6) is 0 Å². The quantitative estimate of drug-likeness (QED) is 0.605. The van der Waals surface area contributed by atoms with E-state index in [0.717, 1.165) is 23.5 Å². The van der Waals surface area contributed by atoms with Crippen LogP contribution < -0.4 is 11.3 Å². The van der Waals surface area contributed by atoms with E-state index >= 15 is 0 Å². The van der Waals surface area contributed by atoms with E-state index < -0.39 is 0 Å². The number of hydrogen-bond donors (Lipinski definition) is 2. The Labute approximate surface area is 101 Å². The highest BCUT2D eigenvalue weighted by Crippen LogP contribution is 2.16. The molecule has 3 N–H and O–H groups in total. The summed E-state index contributed by atoms with van der Waals surface area (Å²) in [4.78, 5) is 4.30. The van der Waals surface area contributed by atoms with Crippen molar-refractivity contribution in [1.82, 2.24) is 20.2 Å². The summed E-state index contributed by atoms with van der Waals surface area (Å²) in [5.41, 5.74) is 5.88. The molecular formula is C12H17N5. The SMILES string of the molecule is Cc1cc(C(Cc2ccccn2)NN)n(C)n1. The Morgan fingerprint density at radius 1 is 1.47 bits per heavy atom. The molecule has 2 aromatic rings. The first-order valence-electron chi connectivity index (χ1n) is 5.57. The third-order valence-corrected chi connectivity index (χ3v) is 2.74. The molecule has 2 rings (SSSR count). The molecular weight excluding hydrogens is 214 g/mol. The van der Waals surface area contributed by atoms with E-state index in [1.54, 1.807) is 6.20 Å². The van der Waals surface area contributed by atoms with Crippen molar-refractivity contribution in [3.8, 4) is 0 Å². The van der Waals surface area contributed by atoms with E-state index in [1.165, 1.54) is 0 Å². The van der Waals surface area contributed by atoms with Gasteiger partial charge in [-0.1, -0.05) is 6.07 Å². The second kappa shape index (κ2) is 5.07. The first-order chi connectivity index (χ1) is 8.20. The minimum atomic E-state index is 0.0242. The van der Waals surface area contributed by atoms with Gasteiger partial charge in [-0.2, -0.15) is 5.10 Å². The Bertz CT molecular complexity index is 477. The third-order valence-electron chi connectivity index (χ3n) is 2.74. The molecule has 0 saturated heterocycles. The van der Waals surface area contributed by atoms with Crippen LogP contribution in [0.4, 0.5) is 0 Å². The summed E-state index contributed by atoms with van der Waals surface area (Å²) >= 11 is 0. The van der Waals surface area contributed by atoms with Crippen molar-refractivity contribution in [3.05, 3.63) is 47.5 Å². The molecule has 0 amide bonds. The second-order valence-electron chi connectivity index (χ2n) is 4.08. The monoisotopic (exact) mass is 231 g/mol. The Morgan fingerprint density at radius 2 is 2.29 bits per heavy atom. The number of hydrazine groups is 1. The van der Waals surface area contributed by atoms with Gasteiger partial charge in [0.05, 0.1) is 17.4 Å². The van der Waals surface area contributed by atoms with E-state index in [0.29, 0.717) is 0 Å². The standard InChI is InChI=1S/C12H17N5/c1-9-7-12(17(2)16-9)11(15-13)8-10-5-3-4-6-14-10/h3-7,11,15H,8,13H2,1-2H3. The minimum absolute atomic E-state index is 0.0242. The Hall–Kier alpha value is -1.72. The smallest absolute Gasteiger partial charge is 0.0684 e. The summed E-state index contributed by atoms with van der Waals surface area (Å²) < 4.78 is 1.85. The van der Waals surface area contributed by atoms with Gasteiger partial charge in [0.15, 0.2) is 0 Å². The molecule has 0 radical (unpaired) electrons. The van der Waals surface area contributed by atoms with Crippen LogP contribution in [0.25, 0.3) is 0 Å². The number of rotatable bonds is 4. The van der Waals surface area contributed by atoms with Crippen molar-refractivity contribution in [2.45, 2.75) is 19.4 Å². The number of hydrogen-bond acceptors (Lipinski definition) is 4. The van der Waals surface area contributed by atoms with Crippen LogP contribution in [0, 0.1) is 6.92 Å². The summed E-state index contributed by atoms with van der Waals surface area (Å²) in [5, 5.41) is 4.32. The summed E-state index contributed by atoms with van der Waals surface area (Å²) in [5.74, 6) is 5.61. The van der Waals surface area contributed by atoms with E-state index in [1.807, 2.05) is 42.9 Å². The van der Waals surface area contributed by atoms with Crippen molar-refractivity contribution < 1.29 is 0 Å². The second-order valence-corrected chi connectivity index (χ2v) is 4.08. The predicted molar refractivity (Wildman–Crippen MR) is 66.0 cm³/mol. The van der Waals surface area contributed by atoms with Crippen LogP contribution >= 0.6 is 0 Å². The minimum Gasteiger partial charge on any atom is -0.271 e. The molecule has 0 aromatic carbocycles. The Morgan fingerprint density at radius 3 is 2.82 bits per heavy atom. The summed E-state index contributed by atoms with van der Waals surface area (Å²) in [6.07, 6.45) is 2.54. The Balaban J connectivity index is 2.20. The fourth-order valence-corrected chi connectivity index (χ4v) is 1.93. The summed E-state index contributed by atoms with van der Waals surface area (Å²) in [6.45, 7) is 1.97. The predicted octanol–water partition coefficient (Wildman–Crippen LogP) is 0.871. The first kappa shape index (κ1) is 11.8. The molecule has 0 saturated carbocycles. The van der Waals surface area contributed by atoms with Gasteiger partial charge >= 0.3 is 0 Å². The van der Waals surface area contributed by atoms with E-state index in [4.69, 9.17) is 5.84 Å². The maximum absolute atomic E-state index is 5.61. The van der Waals surface area contributed by atoms with Gasteiger partial charge in [-0.15, -0.1) is 0 Å². The maximum Gasteiger partial charge on any atom is 0.0684 e. The van der Waals surface area contributed by atoms with Gasteiger partial charge in [0, 0.05) is 25.4 Å². The van der Waals surface area contributed by atoms with Crippen LogP contribution in [-0.4, -0.2) is 14.8 Å². The van der Waals surface area contributed by atoms with Gasteiger partial charge in [0.1, 0.15) is 0 Å². The number of pyridine rings is 1. The van der Waals surface area contributed by atoms with Crippen LogP contribution in [0.3, 0.4) is 0 Å². The zero-order valence-electron chi connectivity index (χ0n) is 10.1. The van der Waals surface area contributed by atoms with Gasteiger partial charge in [0.2, 0.25) is 0 Å². The van der Waals surface area contributed by atoms with Gasteiger partial charge in [-0.05, 0) is 25.1 Å². The van der Waals surface area contributed by atoms with Crippen LogP contribution in [0.15, 0.2) is 30.5 Å². The number of nitrogens with one attached hydrogen (secondary N) is 1. The molecule has 0 bridgehead atoms. The highest BCUT2D eigenvalue weighted by molar-refractivity contribution is 5.16. The summed E-state index contributed by atoms with van der Waals surface area (Å²) in [7, 11) is 1.92. The van der Waals surface area contributed by atoms with E-state index in [-0.39, 0.29) is 6.04 Å². The van der Waals surface area contributed by atoms with Gasteiger partial charge < -0.3 is 0 Å². The van der Waals surface area contributed by atoms with Gasteiger partial charge in [-0.25, -0.2) is 0 Å². The van der Waals surface area contributed by atoms with Crippen LogP contribution in [-0.2, 0) is 13.5 Å². The van der Waals surface area contributed by atoms with Crippen molar-refractivity contribution >= 4 is 0 Å². The normalized spacial score (nSPS) is 12.6. The molecule has 2 aromatic heterocycles. The molecule has 1 unspecified atom stereocenters. The van der Waals surface area contributed by atoms with Crippen molar-refractivity contribution in [2.75, 3.05) is 0 Å². The zero-order chi connectivity index (χ0) is 12.3. The van der Waals surface area contributed by atoms with Gasteiger partial charge in [-0.3, -0.25) is 20.9 Å². The molecule has 0 aliphatic rings. The molecule has 0 spiro atoms. The van der Waals surface area contributed by atoms with Crippen LogP contribution in [0.1, 0.15) is 23.1 Å². The average Bonchev–Trinajstić information content (AvgIpc) is 2.67. The lowest BCUT2D eigenvalue weighted by Gasteiger charge is -2.15. The van der Waals surface area contributed by atoms with Crippen LogP contribution in [0.2, 0.25) is 0 Å². The largest absolute Gasteiger partial charge is 0.271 e.